The zero-order valence-electron chi connectivity index (χ0n) is 13.7. The van der Waals surface area contributed by atoms with Gasteiger partial charge in [-0.15, -0.1) is 0 Å². The number of carbonyl (C=O) groups is 1. The molecule has 0 spiro atoms. The number of ether oxygens (including phenoxy) is 1. The third-order valence-corrected chi connectivity index (χ3v) is 4.14. The number of aliphatic hydroxyl groups is 1. The van der Waals surface area contributed by atoms with Crippen LogP contribution in [0.2, 0.25) is 0 Å². The van der Waals surface area contributed by atoms with Crippen molar-refractivity contribution in [3.05, 3.63) is 0 Å². The third-order valence-electron chi connectivity index (χ3n) is 4.14. The molecule has 1 heterocycles. The van der Waals surface area contributed by atoms with E-state index in [1.165, 1.54) is 0 Å². The molecule has 0 aromatic rings. The van der Waals surface area contributed by atoms with Gasteiger partial charge in [-0.25, -0.2) is 4.79 Å². The van der Waals surface area contributed by atoms with E-state index < -0.39 is 0 Å². The van der Waals surface area contributed by atoms with Crippen molar-refractivity contribution < 1.29 is 14.6 Å². The first-order valence-electron chi connectivity index (χ1n) is 8.46. The first-order valence-corrected chi connectivity index (χ1v) is 8.46. The van der Waals surface area contributed by atoms with Crippen molar-refractivity contribution >= 4 is 6.09 Å². The van der Waals surface area contributed by atoms with Gasteiger partial charge in [-0.2, -0.15) is 0 Å². The molecule has 0 saturated carbocycles. The Bertz CT molecular complexity index is 279. The number of amides is 1. The molecule has 0 bridgehead atoms. The van der Waals surface area contributed by atoms with Crippen molar-refractivity contribution in [1.82, 2.24) is 9.80 Å². The number of aliphatic hydroxyl groups excluding tert-OH is 1. The number of unbranched alkanes of at least 4 members (excludes halogenated alkanes) is 2. The molecule has 1 amide bonds. The lowest BCUT2D eigenvalue weighted by Gasteiger charge is -2.33. The highest BCUT2D eigenvalue weighted by molar-refractivity contribution is 5.67. The number of likely N-dealkylation sites (tertiary alicyclic amines) is 1. The van der Waals surface area contributed by atoms with E-state index in [0.717, 1.165) is 64.7 Å². The second kappa shape index (κ2) is 10.9. The average Bonchev–Trinajstić information content (AvgIpc) is 2.52. The highest BCUT2D eigenvalue weighted by Gasteiger charge is 2.24. The molecule has 124 valence electrons. The van der Waals surface area contributed by atoms with Gasteiger partial charge in [0.15, 0.2) is 0 Å². The molecule has 0 radical (unpaired) electrons. The first-order chi connectivity index (χ1) is 10.2. The van der Waals surface area contributed by atoms with Gasteiger partial charge in [-0.05, 0) is 31.6 Å². The van der Waals surface area contributed by atoms with Crippen LogP contribution in [0, 0.1) is 5.92 Å². The highest BCUT2D eigenvalue weighted by Crippen LogP contribution is 2.19. The second-order valence-electron chi connectivity index (χ2n) is 5.97. The third kappa shape index (κ3) is 7.14. The summed E-state index contributed by atoms with van der Waals surface area (Å²) in [7, 11) is 0. The average molecular weight is 300 g/mol. The molecule has 21 heavy (non-hydrogen) atoms. The maximum atomic E-state index is 11.9. The second-order valence-corrected chi connectivity index (χ2v) is 5.97. The van der Waals surface area contributed by atoms with Gasteiger partial charge in [0.25, 0.3) is 0 Å². The summed E-state index contributed by atoms with van der Waals surface area (Å²) >= 11 is 0. The van der Waals surface area contributed by atoms with E-state index in [4.69, 9.17) is 4.74 Å². The zero-order chi connectivity index (χ0) is 15.5. The molecule has 1 fully saturated rings. The van der Waals surface area contributed by atoms with Gasteiger partial charge in [0.2, 0.25) is 0 Å². The molecule has 0 aromatic heterocycles. The largest absolute Gasteiger partial charge is 0.449 e. The SMILES string of the molecule is CCCCOC(=O)N1CCC(CN(CO)CCCC)CC1. The van der Waals surface area contributed by atoms with Crippen LogP contribution in [0.15, 0.2) is 0 Å². The van der Waals surface area contributed by atoms with Gasteiger partial charge in [0, 0.05) is 26.2 Å². The summed E-state index contributed by atoms with van der Waals surface area (Å²) in [6, 6.07) is 0. The van der Waals surface area contributed by atoms with E-state index in [2.05, 4.69) is 18.7 Å². The van der Waals surface area contributed by atoms with E-state index in [9.17, 15) is 9.90 Å². The van der Waals surface area contributed by atoms with Crippen LogP contribution in [0.5, 0.6) is 0 Å². The van der Waals surface area contributed by atoms with E-state index in [0.29, 0.717) is 12.5 Å². The number of hydrogen-bond acceptors (Lipinski definition) is 4. The number of nitrogens with zero attached hydrogens (tertiary/aromatic N) is 2. The predicted molar refractivity (Wildman–Crippen MR) is 84.1 cm³/mol. The molecule has 0 unspecified atom stereocenters. The maximum Gasteiger partial charge on any atom is 0.409 e. The predicted octanol–water partition coefficient (Wildman–Crippen LogP) is 2.69. The van der Waals surface area contributed by atoms with Crippen LogP contribution in [0.4, 0.5) is 4.79 Å². The van der Waals surface area contributed by atoms with Crippen LogP contribution in [0.25, 0.3) is 0 Å². The fraction of sp³-hybridized carbons (Fsp3) is 0.938. The van der Waals surface area contributed by atoms with Crippen LogP contribution < -0.4 is 0 Å². The van der Waals surface area contributed by atoms with Gasteiger partial charge >= 0.3 is 6.09 Å². The summed E-state index contributed by atoms with van der Waals surface area (Å²) in [6.07, 6.45) is 6.11. The van der Waals surface area contributed by atoms with Crippen LogP contribution >= 0.6 is 0 Å². The summed E-state index contributed by atoms with van der Waals surface area (Å²) < 4.78 is 5.25. The van der Waals surface area contributed by atoms with Crippen LogP contribution in [-0.4, -0.2) is 60.5 Å². The minimum absolute atomic E-state index is 0.138. The molecule has 1 aliphatic heterocycles. The lowest BCUT2D eigenvalue weighted by atomic mass is 9.96. The molecule has 1 saturated heterocycles. The maximum absolute atomic E-state index is 11.9. The monoisotopic (exact) mass is 300 g/mol. The smallest absolute Gasteiger partial charge is 0.409 e. The molecule has 1 N–H and O–H groups in total. The Balaban J connectivity index is 2.23. The normalized spacial score (nSPS) is 16.5. The lowest BCUT2D eigenvalue weighted by molar-refractivity contribution is 0.0610. The van der Waals surface area contributed by atoms with Crippen LogP contribution in [0.1, 0.15) is 52.4 Å². The van der Waals surface area contributed by atoms with Gasteiger partial charge < -0.3 is 14.7 Å². The van der Waals surface area contributed by atoms with Crippen molar-refractivity contribution in [3.8, 4) is 0 Å². The van der Waals surface area contributed by atoms with E-state index in [-0.39, 0.29) is 12.8 Å². The molecule has 5 nitrogen and oxygen atoms in total. The van der Waals surface area contributed by atoms with E-state index in [1.807, 2.05) is 4.90 Å². The fourth-order valence-electron chi connectivity index (χ4n) is 2.66. The summed E-state index contributed by atoms with van der Waals surface area (Å²) in [5.74, 6) is 0.577. The van der Waals surface area contributed by atoms with Crippen molar-refractivity contribution in [2.75, 3.05) is 39.5 Å². The minimum Gasteiger partial charge on any atom is -0.449 e. The van der Waals surface area contributed by atoms with Crippen molar-refractivity contribution in [1.29, 1.82) is 0 Å². The fourth-order valence-corrected chi connectivity index (χ4v) is 2.66. The number of carbonyl (C=O) groups excluding carboxylic acids is 1. The summed E-state index contributed by atoms with van der Waals surface area (Å²) in [5, 5.41) is 9.39. The Labute approximate surface area is 129 Å². The molecule has 1 aliphatic rings. The Morgan fingerprint density at radius 2 is 1.90 bits per heavy atom. The Morgan fingerprint density at radius 3 is 2.48 bits per heavy atom. The van der Waals surface area contributed by atoms with Gasteiger partial charge in [0.05, 0.1) is 13.3 Å². The Kier molecular flexibility index (Phi) is 9.42. The highest BCUT2D eigenvalue weighted by atomic mass is 16.6. The lowest BCUT2D eigenvalue weighted by Crippen LogP contribution is -2.42. The number of rotatable bonds is 9. The molecule has 0 aliphatic carbocycles. The molecular weight excluding hydrogens is 268 g/mol. The first kappa shape index (κ1) is 18.2. The summed E-state index contributed by atoms with van der Waals surface area (Å²) in [5.41, 5.74) is 0. The van der Waals surface area contributed by atoms with E-state index >= 15 is 0 Å². The molecular formula is C16H32N2O3. The quantitative estimate of drug-likeness (QED) is 0.525. The molecule has 1 rings (SSSR count). The molecule has 0 aromatic carbocycles. The Morgan fingerprint density at radius 1 is 1.24 bits per heavy atom. The van der Waals surface area contributed by atoms with Gasteiger partial charge in [-0.3, -0.25) is 4.90 Å². The minimum atomic E-state index is -0.160. The van der Waals surface area contributed by atoms with Crippen LogP contribution in [-0.2, 0) is 4.74 Å². The number of piperidine rings is 1. The van der Waals surface area contributed by atoms with Crippen molar-refractivity contribution in [3.63, 3.8) is 0 Å². The van der Waals surface area contributed by atoms with Crippen molar-refractivity contribution in [2.45, 2.75) is 52.4 Å². The van der Waals surface area contributed by atoms with Crippen molar-refractivity contribution in [2.24, 2.45) is 5.92 Å². The zero-order valence-corrected chi connectivity index (χ0v) is 13.7. The molecule has 0 atom stereocenters. The number of hydrogen-bond donors (Lipinski definition) is 1. The molecule has 5 heteroatoms. The summed E-state index contributed by atoms with van der Waals surface area (Å²) in [6.45, 7) is 8.39. The van der Waals surface area contributed by atoms with Gasteiger partial charge in [0.1, 0.15) is 0 Å². The standard InChI is InChI=1S/C16H32N2O3/c1-3-5-9-17(14-19)13-15-7-10-18(11-8-15)16(20)21-12-6-4-2/h15,19H,3-14H2,1-2H3. The topological polar surface area (TPSA) is 53.0 Å². The van der Waals surface area contributed by atoms with E-state index in [1.54, 1.807) is 0 Å². The van der Waals surface area contributed by atoms with Gasteiger partial charge in [-0.1, -0.05) is 26.7 Å². The van der Waals surface area contributed by atoms with Crippen LogP contribution in [0.3, 0.4) is 0 Å². The summed E-state index contributed by atoms with van der Waals surface area (Å²) in [4.78, 5) is 15.8. The Hall–Kier alpha value is -0.810.